The zero-order valence-electron chi connectivity index (χ0n) is 10.8. The molecule has 4 nitrogen and oxygen atoms in total. The zero-order chi connectivity index (χ0) is 14.7. The first-order valence-corrected chi connectivity index (χ1v) is 8.52. The minimum Gasteiger partial charge on any atom is -0.397 e. The highest BCUT2D eigenvalue weighted by Crippen LogP contribution is 2.32. The zero-order valence-corrected chi connectivity index (χ0v) is 13.2. The van der Waals surface area contributed by atoms with Gasteiger partial charge in [0.1, 0.15) is 5.75 Å². The van der Waals surface area contributed by atoms with Gasteiger partial charge in [-0.15, -0.1) is 0 Å². The van der Waals surface area contributed by atoms with Gasteiger partial charge in [-0.3, -0.25) is 9.00 Å². The normalized spacial score (nSPS) is 17.1. The Hall–Kier alpha value is -0.780. The number of nitrogens with two attached hydrogens (primary N) is 1. The summed E-state index contributed by atoms with van der Waals surface area (Å²) >= 11 is 11.8. The van der Waals surface area contributed by atoms with Gasteiger partial charge in [-0.05, 0) is 25.0 Å². The molecule has 1 fully saturated rings. The van der Waals surface area contributed by atoms with E-state index in [-0.39, 0.29) is 21.9 Å². The van der Waals surface area contributed by atoms with Crippen LogP contribution < -0.4 is 11.1 Å². The summed E-state index contributed by atoms with van der Waals surface area (Å²) in [6.45, 7) is 0. The predicted octanol–water partition coefficient (Wildman–Crippen LogP) is 3.21. The van der Waals surface area contributed by atoms with E-state index in [4.69, 9.17) is 28.9 Å². The molecule has 0 saturated heterocycles. The molecule has 3 N–H and O–H groups in total. The molecule has 1 unspecified atom stereocenters. The Labute approximate surface area is 130 Å². The van der Waals surface area contributed by atoms with Gasteiger partial charge in [-0.25, -0.2) is 0 Å². The number of benzene rings is 1. The molecule has 110 valence electrons. The molecule has 1 aromatic rings. The second-order valence-electron chi connectivity index (χ2n) is 4.83. The molecule has 1 atom stereocenters. The summed E-state index contributed by atoms with van der Waals surface area (Å²) < 4.78 is 12.0. The Balaban J connectivity index is 1.99. The van der Waals surface area contributed by atoms with Crippen molar-refractivity contribution in [1.82, 2.24) is 0 Å². The summed E-state index contributed by atoms with van der Waals surface area (Å²) in [7, 11) is -1.14. The third-order valence-corrected chi connectivity index (χ3v) is 5.58. The van der Waals surface area contributed by atoms with E-state index < -0.39 is 10.8 Å². The van der Waals surface area contributed by atoms with Crippen LogP contribution in [0.15, 0.2) is 12.1 Å². The number of carbonyl (C=O) groups is 1. The number of carbonyl (C=O) groups excluding carboxylic acids is 1. The lowest BCUT2D eigenvalue weighted by molar-refractivity contribution is -0.113. The molecule has 0 aromatic heterocycles. The second-order valence-corrected chi connectivity index (χ2v) is 7.39. The van der Waals surface area contributed by atoms with E-state index in [1.165, 1.54) is 12.1 Å². The number of nitrogens with one attached hydrogen (secondary N) is 1. The fourth-order valence-electron chi connectivity index (χ4n) is 2.30. The molecule has 1 aliphatic carbocycles. The van der Waals surface area contributed by atoms with Crippen LogP contribution in [0.5, 0.6) is 0 Å². The smallest absolute Gasteiger partial charge is 0.237 e. The van der Waals surface area contributed by atoms with Gasteiger partial charge in [-0.1, -0.05) is 36.0 Å². The summed E-state index contributed by atoms with van der Waals surface area (Å²) in [5.74, 6) is -0.366. The number of rotatable bonds is 4. The Morgan fingerprint density at radius 2 is 2.00 bits per heavy atom. The van der Waals surface area contributed by atoms with Crippen molar-refractivity contribution in [2.45, 2.75) is 30.9 Å². The Kier molecular flexibility index (Phi) is 5.29. The van der Waals surface area contributed by atoms with Crippen LogP contribution in [0.2, 0.25) is 10.0 Å². The maximum absolute atomic E-state index is 12.0. The monoisotopic (exact) mass is 334 g/mol. The van der Waals surface area contributed by atoms with Crippen LogP contribution in [0.4, 0.5) is 11.4 Å². The summed E-state index contributed by atoms with van der Waals surface area (Å²) in [5, 5.41) is 3.43. The van der Waals surface area contributed by atoms with E-state index in [0.29, 0.717) is 16.4 Å². The summed E-state index contributed by atoms with van der Waals surface area (Å²) in [6, 6.07) is 3.01. The van der Waals surface area contributed by atoms with E-state index in [1.807, 2.05) is 0 Å². The predicted molar refractivity (Wildman–Crippen MR) is 84.8 cm³/mol. The minimum absolute atomic E-state index is 0.0247. The van der Waals surface area contributed by atoms with Crippen LogP contribution in [0.1, 0.15) is 25.7 Å². The molecule has 20 heavy (non-hydrogen) atoms. The molecule has 0 radical (unpaired) electrons. The number of amides is 1. The van der Waals surface area contributed by atoms with Crippen LogP contribution in [0.3, 0.4) is 0 Å². The molecular formula is C13H16Cl2N2O2S. The van der Waals surface area contributed by atoms with Gasteiger partial charge >= 0.3 is 0 Å². The molecule has 1 amide bonds. The summed E-state index contributed by atoms with van der Waals surface area (Å²) in [4.78, 5) is 11.9. The molecule has 1 saturated carbocycles. The van der Waals surface area contributed by atoms with Gasteiger partial charge in [0, 0.05) is 21.1 Å². The number of anilines is 2. The van der Waals surface area contributed by atoms with E-state index in [9.17, 15) is 9.00 Å². The van der Waals surface area contributed by atoms with Gasteiger partial charge in [0.05, 0.1) is 16.4 Å². The van der Waals surface area contributed by atoms with Gasteiger partial charge < -0.3 is 11.1 Å². The molecule has 0 spiro atoms. The lowest BCUT2D eigenvalue weighted by Crippen LogP contribution is -2.25. The van der Waals surface area contributed by atoms with Crippen molar-refractivity contribution in [3.05, 3.63) is 22.2 Å². The van der Waals surface area contributed by atoms with Crippen molar-refractivity contribution >= 4 is 51.3 Å². The van der Waals surface area contributed by atoms with Crippen LogP contribution in [0.25, 0.3) is 0 Å². The minimum atomic E-state index is -1.14. The number of hydrogen-bond donors (Lipinski definition) is 2. The van der Waals surface area contributed by atoms with Crippen molar-refractivity contribution in [1.29, 1.82) is 0 Å². The lowest BCUT2D eigenvalue weighted by atomic mass is 10.2. The van der Waals surface area contributed by atoms with Crippen LogP contribution in [-0.2, 0) is 15.6 Å². The topological polar surface area (TPSA) is 72.2 Å². The van der Waals surface area contributed by atoms with Gasteiger partial charge in [-0.2, -0.15) is 0 Å². The highest BCUT2D eigenvalue weighted by Gasteiger charge is 2.23. The van der Waals surface area contributed by atoms with E-state index in [0.717, 1.165) is 25.7 Å². The molecule has 0 heterocycles. The molecule has 0 aliphatic heterocycles. The molecular weight excluding hydrogens is 319 g/mol. The first kappa shape index (κ1) is 15.6. The standard InChI is InChI=1S/C13H16Cl2N2O2S/c14-8-5-10(15)13(11(16)6-8)17-12(18)7-20(19)9-3-1-2-4-9/h5-6,9H,1-4,7,16H2,(H,17,18). The van der Waals surface area contributed by atoms with Crippen molar-refractivity contribution in [2.75, 3.05) is 16.8 Å². The third kappa shape index (κ3) is 3.87. The molecule has 1 aromatic carbocycles. The molecule has 2 rings (SSSR count). The largest absolute Gasteiger partial charge is 0.397 e. The highest BCUT2D eigenvalue weighted by atomic mass is 35.5. The first-order chi connectivity index (χ1) is 9.47. The summed E-state index contributed by atoms with van der Waals surface area (Å²) in [6.07, 6.45) is 4.05. The highest BCUT2D eigenvalue weighted by molar-refractivity contribution is 7.86. The fourth-order valence-corrected chi connectivity index (χ4v) is 4.28. The number of hydrogen-bond acceptors (Lipinski definition) is 3. The first-order valence-electron chi connectivity index (χ1n) is 6.39. The molecule has 7 heteroatoms. The van der Waals surface area contributed by atoms with E-state index in [2.05, 4.69) is 5.32 Å². The Bertz CT molecular complexity index is 522. The second kappa shape index (κ2) is 6.78. The Morgan fingerprint density at radius 3 is 2.60 bits per heavy atom. The van der Waals surface area contributed by atoms with Crippen LogP contribution >= 0.6 is 23.2 Å². The van der Waals surface area contributed by atoms with Crippen molar-refractivity contribution in [3.8, 4) is 0 Å². The maximum Gasteiger partial charge on any atom is 0.237 e. The van der Waals surface area contributed by atoms with Gasteiger partial charge in [0.2, 0.25) is 5.91 Å². The fraction of sp³-hybridized carbons (Fsp3) is 0.462. The number of halogens is 2. The summed E-state index contributed by atoms with van der Waals surface area (Å²) in [5.41, 5.74) is 6.38. The lowest BCUT2D eigenvalue weighted by Gasteiger charge is -2.12. The average molecular weight is 335 g/mol. The van der Waals surface area contributed by atoms with Crippen LogP contribution in [-0.4, -0.2) is 21.1 Å². The van der Waals surface area contributed by atoms with Crippen molar-refractivity contribution < 1.29 is 9.00 Å². The average Bonchev–Trinajstić information content (AvgIpc) is 2.87. The molecule has 1 aliphatic rings. The quantitative estimate of drug-likeness (QED) is 0.830. The van der Waals surface area contributed by atoms with E-state index >= 15 is 0 Å². The van der Waals surface area contributed by atoms with Gasteiger partial charge in [0.15, 0.2) is 0 Å². The van der Waals surface area contributed by atoms with Crippen molar-refractivity contribution in [3.63, 3.8) is 0 Å². The third-order valence-electron chi connectivity index (χ3n) is 3.30. The Morgan fingerprint density at radius 1 is 1.35 bits per heavy atom. The van der Waals surface area contributed by atoms with Crippen LogP contribution in [0, 0.1) is 0 Å². The van der Waals surface area contributed by atoms with Gasteiger partial charge in [0.25, 0.3) is 0 Å². The SMILES string of the molecule is Nc1cc(Cl)cc(Cl)c1NC(=O)CS(=O)C1CCCC1. The maximum atomic E-state index is 12.0. The molecule has 0 bridgehead atoms. The van der Waals surface area contributed by atoms with Crippen molar-refractivity contribution in [2.24, 2.45) is 0 Å². The van der Waals surface area contributed by atoms with E-state index in [1.54, 1.807) is 0 Å². The number of nitrogen functional groups attached to an aromatic ring is 1.